The molecule has 0 amide bonds. The molecule has 6 rings (SSSR count). The lowest BCUT2D eigenvalue weighted by atomic mass is 9.82. The highest BCUT2D eigenvalue weighted by Crippen LogP contribution is 2.71. The van der Waals surface area contributed by atoms with Crippen LogP contribution in [0.2, 0.25) is 0 Å². The monoisotopic (exact) mass is 471 g/mol. The summed E-state index contributed by atoms with van der Waals surface area (Å²) in [5.74, 6) is -0.257. The number of ether oxygens (including phenoxy) is 1. The maximum absolute atomic E-state index is 14.0. The number of allylic oxidation sites excluding steroid dienone is 1. The summed E-state index contributed by atoms with van der Waals surface area (Å²) in [5, 5.41) is 4.19. The van der Waals surface area contributed by atoms with Gasteiger partial charge in [-0.15, -0.1) is 5.10 Å². The van der Waals surface area contributed by atoms with Crippen LogP contribution in [0.5, 0.6) is 5.88 Å². The zero-order valence-corrected chi connectivity index (χ0v) is 19.9. The Balaban J connectivity index is 1.80. The van der Waals surface area contributed by atoms with E-state index in [9.17, 15) is 13.6 Å². The summed E-state index contributed by atoms with van der Waals surface area (Å²) >= 11 is 0. The quantitative estimate of drug-likeness (QED) is 0.381. The number of nitrogens with one attached hydrogen (secondary N) is 1. The van der Waals surface area contributed by atoms with Gasteiger partial charge >= 0.3 is 11.4 Å². The number of hydrogen-bond acceptors (Lipinski definition) is 2. The zero-order valence-electron chi connectivity index (χ0n) is 19.9. The van der Waals surface area contributed by atoms with Gasteiger partial charge in [0.1, 0.15) is 17.0 Å². The van der Waals surface area contributed by atoms with Gasteiger partial charge in [-0.05, 0) is 41.1 Å². The van der Waals surface area contributed by atoms with E-state index in [0.29, 0.717) is 27.8 Å². The number of H-pyrrole nitrogens is 1. The van der Waals surface area contributed by atoms with Crippen LogP contribution in [0, 0.1) is 22.5 Å². The third kappa shape index (κ3) is 2.76. The molecular formula is C29H25F2N2O2+. The Hall–Kier alpha value is -3.80. The largest absolute Gasteiger partial charge is 0.414 e. The lowest BCUT2D eigenvalue weighted by Crippen LogP contribution is -2.44. The molecule has 1 aromatic heterocycles. The number of halogens is 2. The minimum atomic E-state index is -1.23. The predicted molar refractivity (Wildman–Crippen MR) is 130 cm³/mol. The van der Waals surface area contributed by atoms with Crippen molar-refractivity contribution in [3.63, 3.8) is 0 Å². The summed E-state index contributed by atoms with van der Waals surface area (Å²) in [6.45, 7) is 8.64. The molecule has 0 radical (unpaired) electrons. The van der Waals surface area contributed by atoms with Crippen LogP contribution in [0.25, 0.3) is 16.5 Å². The summed E-state index contributed by atoms with van der Waals surface area (Å²) in [7, 11) is 0. The van der Waals surface area contributed by atoms with Crippen molar-refractivity contribution in [1.29, 1.82) is 0 Å². The molecule has 4 aromatic rings. The molecule has 1 saturated carbocycles. The second kappa shape index (κ2) is 6.87. The van der Waals surface area contributed by atoms with E-state index >= 15 is 0 Å². The molecule has 6 heteroatoms. The lowest BCUT2D eigenvalue weighted by molar-refractivity contribution is -0.639. The minimum Gasteiger partial charge on any atom is -0.414 e. The van der Waals surface area contributed by atoms with Gasteiger partial charge in [-0.3, -0.25) is 4.79 Å². The van der Waals surface area contributed by atoms with Crippen LogP contribution < -0.4 is 15.0 Å². The normalized spacial score (nSPS) is 18.9. The molecule has 4 nitrogen and oxygen atoms in total. The second-order valence-electron chi connectivity index (χ2n) is 10.4. The SMILES string of the molecule is CC1(C)C(=C2[n+]3[nH]c(=O)c4ccccc4c3OC2(c2ccc(F)cc2)c2ccc(F)cc2)C1(C)C. The van der Waals surface area contributed by atoms with Crippen LogP contribution >= 0.6 is 0 Å². The number of aromatic amines is 1. The van der Waals surface area contributed by atoms with Crippen LogP contribution in [-0.2, 0) is 5.60 Å². The summed E-state index contributed by atoms with van der Waals surface area (Å²) in [6, 6.07) is 19.6. The summed E-state index contributed by atoms with van der Waals surface area (Å²) < 4.78 is 36.7. The van der Waals surface area contributed by atoms with Crippen LogP contribution in [-0.4, -0.2) is 5.10 Å². The van der Waals surface area contributed by atoms with Crippen LogP contribution in [0.4, 0.5) is 8.78 Å². The van der Waals surface area contributed by atoms with Gasteiger partial charge in [0.25, 0.3) is 11.3 Å². The zero-order chi connectivity index (χ0) is 24.8. The van der Waals surface area contributed by atoms with Gasteiger partial charge in [-0.1, -0.05) is 64.1 Å². The van der Waals surface area contributed by atoms with E-state index in [0.717, 1.165) is 11.3 Å². The topological polar surface area (TPSA) is 46.0 Å². The van der Waals surface area contributed by atoms with Crippen molar-refractivity contribution >= 4 is 16.5 Å². The van der Waals surface area contributed by atoms with E-state index in [1.807, 2.05) is 18.2 Å². The van der Waals surface area contributed by atoms with Crippen molar-refractivity contribution in [3.05, 3.63) is 111 Å². The summed E-state index contributed by atoms with van der Waals surface area (Å²) in [4.78, 5) is 13.2. The van der Waals surface area contributed by atoms with Crippen molar-refractivity contribution in [2.24, 2.45) is 10.8 Å². The molecule has 1 aliphatic carbocycles. The molecule has 1 aliphatic heterocycles. The Morgan fingerprint density at radius 2 is 1.23 bits per heavy atom. The van der Waals surface area contributed by atoms with Crippen molar-refractivity contribution in [1.82, 2.24) is 5.10 Å². The molecule has 176 valence electrons. The minimum absolute atomic E-state index is 0.200. The van der Waals surface area contributed by atoms with Gasteiger partial charge in [0, 0.05) is 27.5 Å². The fourth-order valence-electron chi connectivity index (χ4n) is 5.65. The van der Waals surface area contributed by atoms with Gasteiger partial charge in [0.2, 0.25) is 0 Å². The highest BCUT2D eigenvalue weighted by atomic mass is 19.1. The summed E-state index contributed by atoms with van der Waals surface area (Å²) in [6.07, 6.45) is 0. The lowest BCUT2D eigenvalue weighted by Gasteiger charge is -2.26. The smallest absolute Gasteiger partial charge is 0.407 e. The first-order valence-electron chi connectivity index (χ1n) is 11.6. The fourth-order valence-corrected chi connectivity index (χ4v) is 5.65. The van der Waals surface area contributed by atoms with Gasteiger partial charge in [0.05, 0.1) is 5.39 Å². The van der Waals surface area contributed by atoms with E-state index < -0.39 is 5.60 Å². The van der Waals surface area contributed by atoms with Crippen molar-refractivity contribution < 1.29 is 18.2 Å². The van der Waals surface area contributed by atoms with Crippen molar-refractivity contribution in [2.75, 3.05) is 0 Å². The highest BCUT2D eigenvalue weighted by Gasteiger charge is 2.70. The third-order valence-corrected chi connectivity index (χ3v) is 8.11. The molecule has 0 bridgehead atoms. The molecule has 0 saturated heterocycles. The van der Waals surface area contributed by atoms with E-state index in [2.05, 4.69) is 32.8 Å². The Morgan fingerprint density at radius 1 is 0.743 bits per heavy atom. The molecule has 2 heterocycles. The molecule has 0 atom stereocenters. The molecule has 0 unspecified atom stereocenters. The van der Waals surface area contributed by atoms with Crippen LogP contribution in [0.1, 0.15) is 38.8 Å². The summed E-state index contributed by atoms with van der Waals surface area (Å²) in [5.41, 5.74) is 1.35. The van der Waals surface area contributed by atoms with Crippen LogP contribution in [0.3, 0.4) is 0 Å². The van der Waals surface area contributed by atoms with Crippen LogP contribution in [0.15, 0.2) is 83.2 Å². The molecule has 35 heavy (non-hydrogen) atoms. The van der Waals surface area contributed by atoms with Crippen molar-refractivity contribution in [3.8, 4) is 5.88 Å². The second-order valence-corrected chi connectivity index (χ2v) is 10.4. The first-order chi connectivity index (χ1) is 16.6. The maximum Gasteiger partial charge on any atom is 0.407 e. The van der Waals surface area contributed by atoms with E-state index in [-0.39, 0.29) is 28.0 Å². The van der Waals surface area contributed by atoms with Gasteiger partial charge in [-0.2, -0.15) is 0 Å². The molecule has 1 fully saturated rings. The average Bonchev–Trinajstić information content (AvgIpc) is 3.07. The molecule has 0 spiro atoms. The van der Waals surface area contributed by atoms with Gasteiger partial charge in [0.15, 0.2) is 0 Å². The average molecular weight is 472 g/mol. The predicted octanol–water partition coefficient (Wildman–Crippen LogP) is 5.71. The standard InChI is InChI=1S/C29H24F2N2O2/c1-27(2)23(28(27,3)4)24-29(17-9-13-19(30)14-10-17,18-11-15-20(31)16-12-18)35-26-22-8-6-5-7-21(22)25(34)32-33(24)26/h5-16H,1-4H3/p+1. The first kappa shape index (κ1) is 21.7. The number of aromatic nitrogens is 2. The van der Waals surface area contributed by atoms with E-state index in [4.69, 9.17) is 4.74 Å². The Kier molecular flexibility index (Phi) is 4.27. The number of benzene rings is 3. The number of nitrogens with zero attached hydrogens (tertiary/aromatic N) is 1. The molecule has 2 aliphatic rings. The number of fused-ring (bicyclic) bond motifs is 3. The number of hydrogen-bond donors (Lipinski definition) is 1. The van der Waals surface area contributed by atoms with Gasteiger partial charge < -0.3 is 4.74 Å². The fraction of sp³-hybridized carbons (Fsp3) is 0.241. The molecule has 3 aromatic carbocycles. The molecular weight excluding hydrogens is 446 g/mol. The first-order valence-corrected chi connectivity index (χ1v) is 11.6. The maximum atomic E-state index is 14.0. The van der Waals surface area contributed by atoms with E-state index in [1.165, 1.54) is 24.3 Å². The van der Waals surface area contributed by atoms with E-state index in [1.54, 1.807) is 35.0 Å². The Labute approximate surface area is 201 Å². The highest BCUT2D eigenvalue weighted by molar-refractivity contribution is 5.87. The third-order valence-electron chi connectivity index (χ3n) is 8.11. The van der Waals surface area contributed by atoms with Gasteiger partial charge in [-0.25, -0.2) is 8.78 Å². The Bertz CT molecular complexity index is 1540. The van der Waals surface area contributed by atoms with Crippen molar-refractivity contribution in [2.45, 2.75) is 33.3 Å². The number of rotatable bonds is 2. The molecule has 1 N–H and O–H groups in total. The Morgan fingerprint density at radius 3 is 1.71 bits per heavy atom.